The molecular weight excluding hydrogens is 364 g/mol. The third-order valence-corrected chi connectivity index (χ3v) is 5.28. The molecular formula is C24H32N2O3. The molecule has 1 N–H and O–H groups in total. The van der Waals surface area contributed by atoms with Gasteiger partial charge in [0.1, 0.15) is 6.17 Å². The van der Waals surface area contributed by atoms with Gasteiger partial charge in [-0.25, -0.2) is 0 Å². The smallest absolute Gasteiger partial charge is 0.257 e. The average Bonchev–Trinajstić information content (AvgIpc) is 2.76. The lowest BCUT2D eigenvalue weighted by Gasteiger charge is -2.38. The number of anilines is 1. The molecule has 5 heteroatoms. The Morgan fingerprint density at radius 2 is 1.79 bits per heavy atom. The quantitative estimate of drug-likeness (QED) is 0.529. The SMILES string of the molecule is CCCCCOc1ccc(C2Nc3ccccc3C(=O)N2CCCC)cc1OC. The van der Waals surface area contributed by atoms with Gasteiger partial charge in [0.05, 0.1) is 19.3 Å². The number of rotatable bonds is 10. The van der Waals surface area contributed by atoms with Gasteiger partial charge in [0.2, 0.25) is 0 Å². The average molecular weight is 397 g/mol. The minimum atomic E-state index is -0.230. The van der Waals surface area contributed by atoms with E-state index in [0.717, 1.165) is 54.7 Å². The van der Waals surface area contributed by atoms with Gasteiger partial charge in [0.25, 0.3) is 5.91 Å². The molecule has 0 saturated heterocycles. The van der Waals surface area contributed by atoms with E-state index in [-0.39, 0.29) is 12.1 Å². The number of methoxy groups -OCH3 is 1. The van der Waals surface area contributed by atoms with Crippen molar-refractivity contribution >= 4 is 11.6 Å². The second-order valence-corrected chi connectivity index (χ2v) is 7.41. The first-order chi connectivity index (χ1) is 14.2. The van der Waals surface area contributed by atoms with Crippen molar-refractivity contribution in [2.24, 2.45) is 0 Å². The van der Waals surface area contributed by atoms with Crippen LogP contribution in [-0.4, -0.2) is 31.1 Å². The fraction of sp³-hybridized carbons (Fsp3) is 0.458. The number of nitrogens with zero attached hydrogens (tertiary/aromatic N) is 1. The molecule has 1 unspecified atom stereocenters. The van der Waals surface area contributed by atoms with Crippen LogP contribution >= 0.6 is 0 Å². The Morgan fingerprint density at radius 3 is 2.55 bits per heavy atom. The van der Waals surface area contributed by atoms with E-state index in [2.05, 4.69) is 19.2 Å². The van der Waals surface area contributed by atoms with Crippen molar-refractivity contribution in [1.82, 2.24) is 4.90 Å². The van der Waals surface area contributed by atoms with Crippen LogP contribution in [0.4, 0.5) is 5.69 Å². The lowest BCUT2D eigenvalue weighted by molar-refractivity contribution is 0.0680. The molecule has 1 heterocycles. The molecule has 1 atom stereocenters. The van der Waals surface area contributed by atoms with Crippen LogP contribution in [0.3, 0.4) is 0 Å². The van der Waals surface area contributed by atoms with Crippen molar-refractivity contribution in [3.8, 4) is 11.5 Å². The van der Waals surface area contributed by atoms with Gasteiger partial charge in [-0.1, -0.05) is 51.3 Å². The molecule has 3 rings (SSSR count). The molecule has 29 heavy (non-hydrogen) atoms. The number of benzene rings is 2. The summed E-state index contributed by atoms with van der Waals surface area (Å²) in [4.78, 5) is 15.1. The summed E-state index contributed by atoms with van der Waals surface area (Å²) in [7, 11) is 1.65. The van der Waals surface area contributed by atoms with Gasteiger partial charge in [0.15, 0.2) is 11.5 Å². The maximum absolute atomic E-state index is 13.2. The molecule has 0 saturated carbocycles. The van der Waals surface area contributed by atoms with Crippen molar-refractivity contribution < 1.29 is 14.3 Å². The summed E-state index contributed by atoms with van der Waals surface area (Å²) in [5.74, 6) is 1.51. The number of hydrogen-bond donors (Lipinski definition) is 1. The van der Waals surface area contributed by atoms with Gasteiger partial charge in [-0.3, -0.25) is 4.79 Å². The molecule has 1 aliphatic heterocycles. The first-order valence-corrected chi connectivity index (χ1v) is 10.7. The van der Waals surface area contributed by atoms with Crippen molar-refractivity contribution in [2.45, 2.75) is 52.1 Å². The topological polar surface area (TPSA) is 50.8 Å². The molecule has 2 aromatic carbocycles. The highest BCUT2D eigenvalue weighted by atomic mass is 16.5. The summed E-state index contributed by atoms with van der Waals surface area (Å²) in [6.45, 7) is 5.70. The second-order valence-electron chi connectivity index (χ2n) is 7.41. The maximum atomic E-state index is 13.2. The van der Waals surface area contributed by atoms with E-state index in [9.17, 15) is 4.79 Å². The third kappa shape index (κ3) is 4.84. The first-order valence-electron chi connectivity index (χ1n) is 10.7. The van der Waals surface area contributed by atoms with Crippen LogP contribution in [0.2, 0.25) is 0 Å². The van der Waals surface area contributed by atoms with Crippen LogP contribution < -0.4 is 14.8 Å². The van der Waals surface area contributed by atoms with Gasteiger partial charge in [-0.2, -0.15) is 0 Å². The molecule has 0 aromatic heterocycles. The Hall–Kier alpha value is -2.69. The minimum absolute atomic E-state index is 0.0664. The zero-order valence-electron chi connectivity index (χ0n) is 17.7. The highest BCUT2D eigenvalue weighted by Gasteiger charge is 2.32. The van der Waals surface area contributed by atoms with E-state index in [1.807, 2.05) is 47.4 Å². The Kier molecular flexibility index (Phi) is 7.39. The number of hydrogen-bond acceptors (Lipinski definition) is 4. The summed E-state index contributed by atoms with van der Waals surface area (Å²) < 4.78 is 11.5. The molecule has 1 aliphatic rings. The number of ether oxygens (including phenoxy) is 2. The minimum Gasteiger partial charge on any atom is -0.493 e. The zero-order chi connectivity index (χ0) is 20.6. The van der Waals surface area contributed by atoms with Crippen molar-refractivity contribution in [1.29, 1.82) is 0 Å². The van der Waals surface area contributed by atoms with E-state index in [1.54, 1.807) is 7.11 Å². The molecule has 0 bridgehead atoms. The molecule has 0 fully saturated rings. The standard InChI is InChI=1S/C24H32N2O3/c1-4-6-10-16-29-21-14-13-18(17-22(21)28-3)23-25-20-12-9-8-11-19(20)24(27)26(23)15-7-5-2/h8-9,11-14,17,23,25H,4-7,10,15-16H2,1-3H3. The van der Waals surface area contributed by atoms with Gasteiger partial charge in [0, 0.05) is 12.2 Å². The summed E-state index contributed by atoms with van der Waals surface area (Å²) in [6, 6.07) is 13.6. The van der Waals surface area contributed by atoms with Gasteiger partial charge in [-0.15, -0.1) is 0 Å². The summed E-state index contributed by atoms with van der Waals surface area (Å²) in [5.41, 5.74) is 2.58. The fourth-order valence-corrected chi connectivity index (χ4v) is 3.62. The predicted molar refractivity (Wildman–Crippen MR) is 117 cm³/mol. The van der Waals surface area contributed by atoms with Crippen LogP contribution in [-0.2, 0) is 0 Å². The lowest BCUT2D eigenvalue weighted by Crippen LogP contribution is -2.43. The second kappa shape index (κ2) is 10.2. The first kappa shape index (κ1) is 21.0. The Balaban J connectivity index is 1.87. The van der Waals surface area contributed by atoms with E-state index in [1.165, 1.54) is 0 Å². The number of carbonyl (C=O) groups is 1. The van der Waals surface area contributed by atoms with Crippen molar-refractivity contribution in [3.63, 3.8) is 0 Å². The van der Waals surface area contributed by atoms with E-state index >= 15 is 0 Å². The maximum Gasteiger partial charge on any atom is 0.257 e. The third-order valence-electron chi connectivity index (χ3n) is 5.28. The lowest BCUT2D eigenvalue weighted by atomic mass is 10.0. The number of para-hydroxylation sites is 1. The number of carbonyl (C=O) groups excluding carboxylic acids is 1. The number of nitrogens with one attached hydrogen (secondary N) is 1. The van der Waals surface area contributed by atoms with Crippen molar-refractivity contribution in [3.05, 3.63) is 53.6 Å². The number of fused-ring (bicyclic) bond motifs is 1. The molecule has 0 aliphatic carbocycles. The van der Waals surface area contributed by atoms with E-state index < -0.39 is 0 Å². The highest BCUT2D eigenvalue weighted by Crippen LogP contribution is 2.37. The normalized spacial score (nSPS) is 15.6. The Labute approximate surface area is 174 Å². The number of unbranched alkanes of at least 4 members (excludes halogenated alkanes) is 3. The summed E-state index contributed by atoms with van der Waals surface area (Å²) >= 11 is 0. The molecule has 0 spiro atoms. The monoisotopic (exact) mass is 396 g/mol. The predicted octanol–water partition coefficient (Wildman–Crippen LogP) is 5.63. The van der Waals surface area contributed by atoms with Crippen LogP contribution in [0.15, 0.2) is 42.5 Å². The Bertz CT molecular complexity index is 822. The molecule has 1 amide bonds. The van der Waals surface area contributed by atoms with Gasteiger partial charge < -0.3 is 19.7 Å². The van der Waals surface area contributed by atoms with Crippen LogP contribution in [0.25, 0.3) is 0 Å². The summed E-state index contributed by atoms with van der Waals surface area (Å²) in [5, 5.41) is 3.54. The number of amides is 1. The van der Waals surface area contributed by atoms with Gasteiger partial charge >= 0.3 is 0 Å². The van der Waals surface area contributed by atoms with E-state index in [4.69, 9.17) is 9.47 Å². The van der Waals surface area contributed by atoms with Crippen LogP contribution in [0, 0.1) is 0 Å². The van der Waals surface area contributed by atoms with Crippen molar-refractivity contribution in [2.75, 3.05) is 25.6 Å². The molecule has 2 aromatic rings. The Morgan fingerprint density at radius 1 is 1.00 bits per heavy atom. The largest absolute Gasteiger partial charge is 0.493 e. The fourth-order valence-electron chi connectivity index (χ4n) is 3.62. The zero-order valence-corrected chi connectivity index (χ0v) is 17.7. The van der Waals surface area contributed by atoms with Crippen LogP contribution in [0.1, 0.15) is 68.0 Å². The molecule has 5 nitrogen and oxygen atoms in total. The van der Waals surface area contributed by atoms with E-state index in [0.29, 0.717) is 18.9 Å². The highest BCUT2D eigenvalue weighted by molar-refractivity contribution is 6.01. The molecule has 156 valence electrons. The summed E-state index contributed by atoms with van der Waals surface area (Å²) in [6.07, 6.45) is 5.11. The van der Waals surface area contributed by atoms with Crippen LogP contribution in [0.5, 0.6) is 11.5 Å². The van der Waals surface area contributed by atoms with Gasteiger partial charge in [-0.05, 0) is 42.7 Å². The molecule has 0 radical (unpaired) electrons.